The van der Waals surface area contributed by atoms with Crippen LogP contribution in [0.15, 0.2) is 47.9 Å². The lowest BCUT2D eigenvalue weighted by Gasteiger charge is -2.13. The molecule has 0 saturated carbocycles. The van der Waals surface area contributed by atoms with E-state index in [2.05, 4.69) is 20.5 Å². The third-order valence-electron chi connectivity index (χ3n) is 3.98. The number of nitriles is 1. The fourth-order valence-electron chi connectivity index (χ4n) is 2.51. The molecule has 0 radical (unpaired) electrons. The lowest BCUT2D eigenvalue weighted by Crippen LogP contribution is -2.23. The fraction of sp³-hybridized carbons (Fsp3) is 0.211. The molecular formula is C19H17ClN6OS. The Morgan fingerprint density at radius 1 is 1.32 bits per heavy atom. The highest BCUT2D eigenvalue weighted by Crippen LogP contribution is 2.27. The lowest BCUT2D eigenvalue weighted by molar-refractivity contribution is -0.115. The number of anilines is 1. The van der Waals surface area contributed by atoms with E-state index in [1.165, 1.54) is 11.8 Å². The minimum atomic E-state index is -0.408. The Balaban J connectivity index is 1.73. The SMILES string of the molecule is CCn1c(S[C@@H](C)C(=O)Nc2ccc(C#N)c(Cl)c2)nnc1-c1ccncc1. The average molecular weight is 413 g/mol. The van der Waals surface area contributed by atoms with Crippen molar-refractivity contribution in [2.75, 3.05) is 5.32 Å². The Kier molecular flexibility index (Phi) is 6.29. The van der Waals surface area contributed by atoms with Crippen LogP contribution in [0.1, 0.15) is 19.4 Å². The van der Waals surface area contributed by atoms with Crippen molar-refractivity contribution in [3.05, 3.63) is 53.3 Å². The van der Waals surface area contributed by atoms with Crippen LogP contribution in [0.5, 0.6) is 0 Å². The van der Waals surface area contributed by atoms with E-state index in [4.69, 9.17) is 16.9 Å². The molecule has 0 spiro atoms. The van der Waals surface area contributed by atoms with Crippen LogP contribution >= 0.6 is 23.4 Å². The molecule has 0 unspecified atom stereocenters. The maximum Gasteiger partial charge on any atom is 0.237 e. The van der Waals surface area contributed by atoms with Crippen LogP contribution in [-0.2, 0) is 11.3 Å². The van der Waals surface area contributed by atoms with E-state index in [0.717, 1.165) is 11.4 Å². The minimum absolute atomic E-state index is 0.193. The number of hydrogen-bond acceptors (Lipinski definition) is 6. The summed E-state index contributed by atoms with van der Waals surface area (Å²) in [4.78, 5) is 16.6. The van der Waals surface area contributed by atoms with Crippen LogP contribution in [0.2, 0.25) is 5.02 Å². The molecule has 3 rings (SSSR count). The molecule has 2 heterocycles. The number of amides is 1. The highest BCUT2D eigenvalue weighted by atomic mass is 35.5. The number of carbonyl (C=O) groups is 1. The van der Waals surface area contributed by atoms with Gasteiger partial charge in [-0.2, -0.15) is 5.26 Å². The van der Waals surface area contributed by atoms with E-state index in [9.17, 15) is 4.79 Å². The van der Waals surface area contributed by atoms with Crippen molar-refractivity contribution in [1.29, 1.82) is 5.26 Å². The second-order valence-electron chi connectivity index (χ2n) is 5.84. The number of hydrogen-bond donors (Lipinski definition) is 1. The van der Waals surface area contributed by atoms with Gasteiger partial charge in [-0.1, -0.05) is 23.4 Å². The Bertz CT molecular complexity index is 1030. The normalized spacial score (nSPS) is 11.6. The zero-order valence-electron chi connectivity index (χ0n) is 15.3. The highest BCUT2D eigenvalue weighted by molar-refractivity contribution is 8.00. The van der Waals surface area contributed by atoms with Gasteiger partial charge >= 0.3 is 0 Å². The Morgan fingerprint density at radius 3 is 2.71 bits per heavy atom. The molecule has 1 atom stereocenters. The second kappa shape index (κ2) is 8.87. The summed E-state index contributed by atoms with van der Waals surface area (Å²) in [6.07, 6.45) is 3.41. The van der Waals surface area contributed by atoms with Crippen molar-refractivity contribution in [2.45, 2.75) is 30.8 Å². The number of aromatic nitrogens is 4. The van der Waals surface area contributed by atoms with Gasteiger partial charge in [0.05, 0.1) is 15.8 Å². The number of halogens is 1. The molecule has 1 aromatic carbocycles. The van der Waals surface area contributed by atoms with E-state index < -0.39 is 5.25 Å². The molecule has 3 aromatic rings. The smallest absolute Gasteiger partial charge is 0.237 e. The molecule has 0 aliphatic rings. The minimum Gasteiger partial charge on any atom is -0.325 e. The summed E-state index contributed by atoms with van der Waals surface area (Å²) in [5, 5.41) is 20.8. The summed E-state index contributed by atoms with van der Waals surface area (Å²) in [5.41, 5.74) is 1.82. The summed E-state index contributed by atoms with van der Waals surface area (Å²) in [6.45, 7) is 4.47. The van der Waals surface area contributed by atoms with Crippen LogP contribution in [0.4, 0.5) is 5.69 Å². The molecule has 0 aliphatic carbocycles. The Hall–Kier alpha value is -2.89. The van der Waals surface area contributed by atoms with Gasteiger partial charge in [0.1, 0.15) is 6.07 Å². The summed E-state index contributed by atoms with van der Waals surface area (Å²) in [5.74, 6) is 0.542. The van der Waals surface area contributed by atoms with Crippen molar-refractivity contribution in [2.24, 2.45) is 0 Å². The van der Waals surface area contributed by atoms with Gasteiger partial charge in [0, 0.05) is 30.2 Å². The van der Waals surface area contributed by atoms with Crippen molar-refractivity contribution >= 4 is 35.0 Å². The second-order valence-corrected chi connectivity index (χ2v) is 7.56. The Labute approximate surface area is 171 Å². The third-order valence-corrected chi connectivity index (χ3v) is 5.37. The summed E-state index contributed by atoms with van der Waals surface area (Å²) in [7, 11) is 0. The molecule has 142 valence electrons. The Morgan fingerprint density at radius 2 is 2.07 bits per heavy atom. The standard InChI is InChI=1S/C19H17ClN6OS/c1-3-26-17(13-6-8-22-9-7-13)24-25-19(26)28-12(2)18(27)23-15-5-4-14(11-21)16(20)10-15/h4-10,12H,3H2,1-2H3,(H,23,27)/t12-/m0/s1. The predicted molar refractivity (Wildman–Crippen MR) is 109 cm³/mol. The maximum atomic E-state index is 12.6. The van der Waals surface area contributed by atoms with E-state index in [1.54, 1.807) is 37.5 Å². The predicted octanol–water partition coefficient (Wildman–Crippen LogP) is 4.00. The quantitative estimate of drug-likeness (QED) is 0.614. The zero-order chi connectivity index (χ0) is 20.1. The molecule has 0 saturated heterocycles. The van der Waals surface area contributed by atoms with Gasteiger partial charge in [-0.25, -0.2) is 0 Å². The van der Waals surface area contributed by atoms with Gasteiger partial charge < -0.3 is 9.88 Å². The first kappa shape index (κ1) is 19.9. The summed E-state index contributed by atoms with van der Waals surface area (Å²) < 4.78 is 1.96. The highest BCUT2D eigenvalue weighted by Gasteiger charge is 2.20. The first-order valence-electron chi connectivity index (χ1n) is 8.54. The van der Waals surface area contributed by atoms with Crippen molar-refractivity contribution in [1.82, 2.24) is 19.7 Å². The van der Waals surface area contributed by atoms with Gasteiger partial charge in [-0.3, -0.25) is 9.78 Å². The number of pyridine rings is 1. The monoisotopic (exact) mass is 412 g/mol. The molecular weight excluding hydrogens is 396 g/mol. The fourth-order valence-corrected chi connectivity index (χ4v) is 3.65. The van der Waals surface area contributed by atoms with E-state index >= 15 is 0 Å². The lowest BCUT2D eigenvalue weighted by atomic mass is 10.2. The topological polar surface area (TPSA) is 96.5 Å². The van der Waals surface area contributed by atoms with Crippen molar-refractivity contribution in [3.63, 3.8) is 0 Å². The number of benzene rings is 1. The molecule has 9 heteroatoms. The molecule has 0 bridgehead atoms. The first-order valence-corrected chi connectivity index (χ1v) is 9.80. The van der Waals surface area contributed by atoms with Gasteiger partial charge in [0.25, 0.3) is 0 Å². The molecule has 28 heavy (non-hydrogen) atoms. The van der Waals surface area contributed by atoms with Gasteiger partial charge in [0.2, 0.25) is 5.91 Å². The summed E-state index contributed by atoms with van der Waals surface area (Å²) >= 11 is 7.34. The van der Waals surface area contributed by atoms with Gasteiger partial charge in [-0.15, -0.1) is 10.2 Å². The molecule has 1 N–H and O–H groups in total. The number of thioether (sulfide) groups is 1. The number of rotatable bonds is 6. The maximum absolute atomic E-state index is 12.6. The van der Waals surface area contributed by atoms with E-state index in [-0.39, 0.29) is 5.91 Å². The number of nitrogens with zero attached hydrogens (tertiary/aromatic N) is 5. The van der Waals surface area contributed by atoms with Crippen LogP contribution in [0.3, 0.4) is 0 Å². The number of nitrogens with one attached hydrogen (secondary N) is 1. The van der Waals surface area contributed by atoms with Gasteiger partial charge in [0.15, 0.2) is 11.0 Å². The van der Waals surface area contributed by atoms with Crippen molar-refractivity contribution in [3.8, 4) is 17.5 Å². The average Bonchev–Trinajstić information content (AvgIpc) is 3.11. The molecule has 1 amide bonds. The van der Waals surface area contributed by atoms with Crippen LogP contribution in [0, 0.1) is 11.3 Å². The van der Waals surface area contributed by atoms with Crippen LogP contribution < -0.4 is 5.32 Å². The molecule has 2 aromatic heterocycles. The third kappa shape index (κ3) is 4.32. The van der Waals surface area contributed by atoms with Crippen LogP contribution in [-0.4, -0.2) is 30.9 Å². The first-order chi connectivity index (χ1) is 13.5. The molecule has 0 fully saturated rings. The van der Waals surface area contributed by atoms with Gasteiger partial charge in [-0.05, 0) is 44.2 Å². The zero-order valence-corrected chi connectivity index (χ0v) is 16.8. The molecule has 7 nitrogen and oxygen atoms in total. The summed E-state index contributed by atoms with van der Waals surface area (Å²) in [6, 6.07) is 10.5. The van der Waals surface area contributed by atoms with E-state index in [1.807, 2.05) is 29.7 Å². The van der Waals surface area contributed by atoms with Crippen LogP contribution in [0.25, 0.3) is 11.4 Å². The number of carbonyl (C=O) groups excluding carboxylic acids is 1. The van der Waals surface area contributed by atoms with E-state index in [0.29, 0.717) is 28.0 Å². The largest absolute Gasteiger partial charge is 0.325 e. The molecule has 0 aliphatic heterocycles. The van der Waals surface area contributed by atoms with Crippen molar-refractivity contribution < 1.29 is 4.79 Å².